The molecule has 0 N–H and O–H groups in total. The SMILES string of the molecule is COC(=O)C1CN(Cc2ccc3c(F)c(O[C@H]4CC[C@H](C(C)(C)C)CC4)ccc3c2)C1. The van der Waals surface area contributed by atoms with E-state index >= 15 is 4.39 Å². The van der Waals surface area contributed by atoms with Crippen LogP contribution in [0.1, 0.15) is 52.0 Å². The van der Waals surface area contributed by atoms with Crippen molar-refractivity contribution in [2.75, 3.05) is 20.2 Å². The average molecular weight is 428 g/mol. The molecule has 1 saturated carbocycles. The largest absolute Gasteiger partial charge is 0.487 e. The van der Waals surface area contributed by atoms with E-state index in [4.69, 9.17) is 9.47 Å². The molecule has 0 amide bonds. The lowest BCUT2D eigenvalue weighted by molar-refractivity contribution is -0.151. The molecule has 1 aliphatic carbocycles. The number of rotatable bonds is 5. The first kappa shape index (κ1) is 22.1. The number of esters is 1. The molecule has 0 aromatic heterocycles. The van der Waals surface area contributed by atoms with Crippen LogP contribution in [0.3, 0.4) is 0 Å². The van der Waals surface area contributed by atoms with Gasteiger partial charge in [-0.25, -0.2) is 4.39 Å². The van der Waals surface area contributed by atoms with Gasteiger partial charge in [0.15, 0.2) is 11.6 Å². The van der Waals surface area contributed by atoms with E-state index in [1.807, 2.05) is 24.3 Å². The minimum atomic E-state index is -0.267. The number of benzene rings is 2. The van der Waals surface area contributed by atoms with Crippen molar-refractivity contribution < 1.29 is 18.7 Å². The van der Waals surface area contributed by atoms with Gasteiger partial charge in [-0.15, -0.1) is 0 Å². The third-order valence-corrected chi connectivity index (χ3v) is 7.07. The average Bonchev–Trinajstić information content (AvgIpc) is 2.71. The number of hydrogen-bond acceptors (Lipinski definition) is 4. The van der Waals surface area contributed by atoms with E-state index in [0.717, 1.165) is 43.2 Å². The third kappa shape index (κ3) is 4.87. The molecule has 0 unspecified atom stereocenters. The Morgan fingerprint density at radius 3 is 2.45 bits per heavy atom. The molecule has 2 aliphatic rings. The van der Waals surface area contributed by atoms with Crippen LogP contribution >= 0.6 is 0 Å². The summed E-state index contributed by atoms with van der Waals surface area (Å²) < 4.78 is 26.0. The number of likely N-dealkylation sites (tertiary alicyclic amines) is 1. The predicted molar refractivity (Wildman–Crippen MR) is 121 cm³/mol. The number of ether oxygens (including phenoxy) is 2. The van der Waals surface area contributed by atoms with Crippen LogP contribution in [0.2, 0.25) is 0 Å². The van der Waals surface area contributed by atoms with E-state index in [1.54, 1.807) is 6.07 Å². The molecule has 0 spiro atoms. The Morgan fingerprint density at radius 1 is 1.10 bits per heavy atom. The molecular formula is C26H34FNO3. The van der Waals surface area contributed by atoms with Gasteiger partial charge in [-0.2, -0.15) is 0 Å². The van der Waals surface area contributed by atoms with Crippen molar-refractivity contribution in [2.24, 2.45) is 17.3 Å². The Bertz CT molecular complexity index is 938. The van der Waals surface area contributed by atoms with Gasteiger partial charge in [-0.05, 0) is 60.1 Å². The highest BCUT2D eigenvalue weighted by molar-refractivity contribution is 5.85. The Hall–Kier alpha value is -2.14. The zero-order valence-electron chi connectivity index (χ0n) is 19.1. The van der Waals surface area contributed by atoms with Gasteiger partial charge in [-0.1, -0.05) is 39.0 Å². The minimum Gasteiger partial charge on any atom is -0.487 e. The molecule has 0 bridgehead atoms. The van der Waals surface area contributed by atoms with Crippen molar-refractivity contribution in [1.82, 2.24) is 4.90 Å². The quantitative estimate of drug-likeness (QED) is 0.585. The summed E-state index contributed by atoms with van der Waals surface area (Å²) in [5.74, 6) is 0.638. The lowest BCUT2D eigenvalue weighted by Gasteiger charge is -2.37. The Balaban J connectivity index is 1.38. The molecule has 1 heterocycles. The fraction of sp³-hybridized carbons (Fsp3) is 0.577. The molecule has 168 valence electrons. The second kappa shape index (κ2) is 8.78. The molecule has 2 aromatic carbocycles. The maximum absolute atomic E-state index is 15.2. The second-order valence-corrected chi connectivity index (χ2v) is 10.3. The fourth-order valence-corrected chi connectivity index (χ4v) is 5.01. The number of methoxy groups -OCH3 is 1. The molecular weight excluding hydrogens is 393 g/mol. The third-order valence-electron chi connectivity index (χ3n) is 7.07. The summed E-state index contributed by atoms with van der Waals surface area (Å²) in [6.07, 6.45) is 4.35. The Labute approximate surface area is 184 Å². The maximum atomic E-state index is 15.2. The van der Waals surface area contributed by atoms with E-state index in [-0.39, 0.29) is 23.8 Å². The Kier molecular flexibility index (Phi) is 6.25. The van der Waals surface area contributed by atoms with Gasteiger partial charge in [-0.3, -0.25) is 9.69 Å². The van der Waals surface area contributed by atoms with Crippen molar-refractivity contribution in [2.45, 2.75) is 59.1 Å². The van der Waals surface area contributed by atoms with E-state index in [1.165, 1.54) is 7.11 Å². The van der Waals surface area contributed by atoms with Crippen molar-refractivity contribution in [3.63, 3.8) is 0 Å². The molecule has 31 heavy (non-hydrogen) atoms. The molecule has 4 nitrogen and oxygen atoms in total. The van der Waals surface area contributed by atoms with Crippen molar-refractivity contribution >= 4 is 16.7 Å². The molecule has 1 saturated heterocycles. The minimum absolute atomic E-state index is 0.0268. The first-order chi connectivity index (χ1) is 14.7. The molecule has 1 aliphatic heterocycles. The van der Waals surface area contributed by atoms with Crippen LogP contribution in [0.25, 0.3) is 10.8 Å². The van der Waals surface area contributed by atoms with Crippen LogP contribution in [-0.4, -0.2) is 37.2 Å². The number of fused-ring (bicyclic) bond motifs is 1. The zero-order valence-corrected chi connectivity index (χ0v) is 19.1. The van der Waals surface area contributed by atoms with E-state index < -0.39 is 0 Å². The van der Waals surface area contributed by atoms with Gasteiger partial charge in [0, 0.05) is 25.0 Å². The van der Waals surface area contributed by atoms with Gasteiger partial charge in [0.05, 0.1) is 19.1 Å². The van der Waals surface area contributed by atoms with Crippen molar-refractivity contribution in [3.05, 3.63) is 41.7 Å². The summed E-state index contributed by atoms with van der Waals surface area (Å²) >= 11 is 0. The van der Waals surface area contributed by atoms with Gasteiger partial charge in [0.25, 0.3) is 0 Å². The van der Waals surface area contributed by atoms with Crippen molar-refractivity contribution in [3.8, 4) is 5.75 Å². The summed E-state index contributed by atoms with van der Waals surface area (Å²) in [6, 6.07) is 9.57. The van der Waals surface area contributed by atoms with E-state index in [0.29, 0.717) is 35.6 Å². The predicted octanol–water partition coefficient (Wildman–Crippen LogP) is 5.57. The van der Waals surface area contributed by atoms with Gasteiger partial charge < -0.3 is 9.47 Å². The topological polar surface area (TPSA) is 38.8 Å². The number of hydrogen-bond donors (Lipinski definition) is 0. The molecule has 0 atom stereocenters. The highest BCUT2D eigenvalue weighted by Gasteiger charge is 2.33. The highest BCUT2D eigenvalue weighted by atomic mass is 19.1. The molecule has 5 heteroatoms. The smallest absolute Gasteiger partial charge is 0.311 e. The van der Waals surface area contributed by atoms with Crippen LogP contribution in [0.4, 0.5) is 4.39 Å². The van der Waals surface area contributed by atoms with Gasteiger partial charge in [0.1, 0.15) is 0 Å². The number of carbonyl (C=O) groups is 1. The monoisotopic (exact) mass is 427 g/mol. The molecule has 4 rings (SSSR count). The van der Waals surface area contributed by atoms with Gasteiger partial charge >= 0.3 is 5.97 Å². The summed E-state index contributed by atoms with van der Waals surface area (Å²) in [7, 11) is 1.43. The van der Waals surface area contributed by atoms with Crippen LogP contribution in [0, 0.1) is 23.1 Å². The summed E-state index contributed by atoms with van der Waals surface area (Å²) in [4.78, 5) is 13.7. The molecule has 2 fully saturated rings. The summed E-state index contributed by atoms with van der Waals surface area (Å²) in [5, 5.41) is 1.48. The van der Waals surface area contributed by atoms with Gasteiger partial charge in [0.2, 0.25) is 0 Å². The number of nitrogens with zero attached hydrogens (tertiary/aromatic N) is 1. The normalized spacial score (nSPS) is 22.9. The van der Waals surface area contributed by atoms with E-state index in [2.05, 4.69) is 25.7 Å². The summed E-state index contributed by atoms with van der Waals surface area (Å²) in [5.41, 5.74) is 1.44. The van der Waals surface area contributed by atoms with Crippen LogP contribution < -0.4 is 4.74 Å². The zero-order chi connectivity index (χ0) is 22.2. The highest BCUT2D eigenvalue weighted by Crippen LogP contribution is 2.39. The fourth-order valence-electron chi connectivity index (χ4n) is 5.01. The maximum Gasteiger partial charge on any atom is 0.311 e. The number of carbonyl (C=O) groups excluding carboxylic acids is 1. The summed E-state index contributed by atoms with van der Waals surface area (Å²) in [6.45, 7) is 9.08. The molecule has 0 radical (unpaired) electrons. The Morgan fingerprint density at radius 2 is 1.81 bits per heavy atom. The van der Waals surface area contributed by atoms with Crippen LogP contribution in [-0.2, 0) is 16.1 Å². The van der Waals surface area contributed by atoms with E-state index in [9.17, 15) is 4.79 Å². The number of halogens is 1. The van der Waals surface area contributed by atoms with Crippen LogP contribution in [0.5, 0.6) is 5.75 Å². The standard InChI is InChI=1S/C26H34FNO3/c1-26(2,3)20-7-9-21(10-8-20)31-23-12-6-18-13-17(5-11-22(18)24(23)27)14-28-15-19(16-28)25(29)30-4/h5-6,11-13,19-21H,7-10,14-16H2,1-4H3/t20-,21-. The second-order valence-electron chi connectivity index (χ2n) is 10.3. The van der Waals surface area contributed by atoms with Crippen LogP contribution in [0.15, 0.2) is 30.3 Å². The lowest BCUT2D eigenvalue weighted by atomic mass is 9.72. The first-order valence-electron chi connectivity index (χ1n) is 11.4. The molecule has 2 aromatic rings. The first-order valence-corrected chi connectivity index (χ1v) is 11.4. The van der Waals surface area contributed by atoms with Crippen molar-refractivity contribution in [1.29, 1.82) is 0 Å². The lowest BCUT2D eigenvalue weighted by Crippen LogP contribution is -2.49.